The number of ether oxygens (including phenoxy) is 1. The molecule has 0 fully saturated rings. The molecule has 0 saturated carbocycles. The van der Waals surface area contributed by atoms with Gasteiger partial charge in [-0.05, 0) is 31.0 Å². The van der Waals surface area contributed by atoms with Gasteiger partial charge in [0.2, 0.25) is 0 Å². The molecule has 172 valence electrons. The standard InChI is InChI=1S/C20H20F7NO2S/c1-2-13-5-7-17(31-13)16(29)11-18(28,20(25,26)27)14-6-4-12(10-15(14)21)30-9-3-8-19(22,23)24/h4-7,10H,2-3,8-9,11,28H2,1H3/t18-/m0/s1. The Bertz CT molecular complexity index is 908. The van der Waals surface area contributed by atoms with Gasteiger partial charge in [-0.2, -0.15) is 26.3 Å². The monoisotopic (exact) mass is 471 g/mol. The lowest BCUT2D eigenvalue weighted by atomic mass is 9.84. The zero-order chi connectivity index (χ0) is 23.4. The minimum Gasteiger partial charge on any atom is -0.493 e. The van der Waals surface area contributed by atoms with Gasteiger partial charge in [-0.1, -0.05) is 13.0 Å². The van der Waals surface area contributed by atoms with E-state index >= 15 is 0 Å². The Kier molecular flexibility index (Phi) is 7.75. The van der Waals surface area contributed by atoms with Gasteiger partial charge in [0.25, 0.3) is 0 Å². The van der Waals surface area contributed by atoms with E-state index in [0.717, 1.165) is 28.3 Å². The van der Waals surface area contributed by atoms with E-state index in [1.54, 1.807) is 6.07 Å². The molecule has 0 bridgehead atoms. The quantitative estimate of drug-likeness (QED) is 0.271. The van der Waals surface area contributed by atoms with Gasteiger partial charge in [-0.3, -0.25) is 4.79 Å². The van der Waals surface area contributed by atoms with E-state index in [4.69, 9.17) is 10.5 Å². The van der Waals surface area contributed by atoms with Gasteiger partial charge < -0.3 is 10.5 Å². The van der Waals surface area contributed by atoms with Gasteiger partial charge >= 0.3 is 12.4 Å². The summed E-state index contributed by atoms with van der Waals surface area (Å²) in [5.41, 5.74) is 1.30. The number of Topliss-reactive ketones (excluding diaryl/α,β-unsaturated/α-hetero) is 1. The Morgan fingerprint density at radius 3 is 2.29 bits per heavy atom. The summed E-state index contributed by atoms with van der Waals surface area (Å²) in [5, 5.41) is 0. The number of carbonyl (C=O) groups is 1. The van der Waals surface area contributed by atoms with Crippen LogP contribution in [0.2, 0.25) is 0 Å². The molecule has 31 heavy (non-hydrogen) atoms. The first-order valence-electron chi connectivity index (χ1n) is 9.24. The Morgan fingerprint density at radius 2 is 1.77 bits per heavy atom. The van der Waals surface area contributed by atoms with E-state index in [9.17, 15) is 35.5 Å². The van der Waals surface area contributed by atoms with Crippen molar-refractivity contribution in [1.82, 2.24) is 0 Å². The Balaban J connectivity index is 2.22. The van der Waals surface area contributed by atoms with Gasteiger partial charge in [-0.25, -0.2) is 4.39 Å². The first kappa shape index (κ1) is 25.1. The second kappa shape index (κ2) is 9.56. The van der Waals surface area contributed by atoms with Crippen LogP contribution in [0.1, 0.15) is 46.3 Å². The van der Waals surface area contributed by atoms with Gasteiger partial charge in [-0.15, -0.1) is 11.3 Å². The minimum atomic E-state index is -5.15. The van der Waals surface area contributed by atoms with Crippen molar-refractivity contribution in [2.24, 2.45) is 5.73 Å². The average molecular weight is 471 g/mol. The lowest BCUT2D eigenvalue weighted by Gasteiger charge is -2.32. The van der Waals surface area contributed by atoms with Crippen molar-refractivity contribution < 1.29 is 40.3 Å². The topological polar surface area (TPSA) is 52.3 Å². The maximum Gasteiger partial charge on any atom is 0.411 e. The van der Waals surface area contributed by atoms with Gasteiger partial charge in [0.1, 0.15) is 17.1 Å². The summed E-state index contributed by atoms with van der Waals surface area (Å²) in [6.45, 7) is 1.42. The van der Waals surface area contributed by atoms with Crippen molar-refractivity contribution in [1.29, 1.82) is 0 Å². The van der Waals surface area contributed by atoms with Crippen LogP contribution >= 0.6 is 11.3 Å². The predicted molar refractivity (Wildman–Crippen MR) is 102 cm³/mol. The molecular weight excluding hydrogens is 451 g/mol. The fourth-order valence-electron chi connectivity index (χ4n) is 2.82. The normalized spacial score (nSPS) is 14.4. The SMILES string of the molecule is CCc1ccc(C(=O)C[C@](N)(c2ccc(OCCCC(F)(F)F)cc2F)C(F)(F)F)s1. The second-order valence-corrected chi connectivity index (χ2v) is 8.07. The lowest BCUT2D eigenvalue weighted by molar-refractivity contribution is -0.189. The molecule has 0 aliphatic rings. The molecule has 1 aromatic heterocycles. The summed E-state index contributed by atoms with van der Waals surface area (Å²) < 4.78 is 97.3. The molecule has 0 aliphatic heterocycles. The zero-order valence-electron chi connectivity index (χ0n) is 16.4. The Morgan fingerprint density at radius 1 is 1.10 bits per heavy atom. The summed E-state index contributed by atoms with van der Waals surface area (Å²) >= 11 is 1.04. The van der Waals surface area contributed by atoms with Crippen molar-refractivity contribution in [3.8, 4) is 5.75 Å². The smallest absolute Gasteiger partial charge is 0.411 e. The van der Waals surface area contributed by atoms with Crippen LogP contribution in [0.25, 0.3) is 0 Å². The molecule has 0 radical (unpaired) electrons. The first-order chi connectivity index (χ1) is 14.3. The third kappa shape index (κ3) is 6.42. The van der Waals surface area contributed by atoms with E-state index in [-0.39, 0.29) is 10.6 Å². The molecule has 11 heteroatoms. The van der Waals surface area contributed by atoms with Gasteiger partial charge in [0, 0.05) is 29.3 Å². The predicted octanol–water partition coefficient (Wildman–Crippen LogP) is 6.16. The van der Waals surface area contributed by atoms with Crippen LogP contribution in [0.15, 0.2) is 30.3 Å². The Labute approximate surface area is 178 Å². The highest BCUT2D eigenvalue weighted by molar-refractivity contribution is 7.14. The van der Waals surface area contributed by atoms with Crippen LogP contribution in [0.5, 0.6) is 5.75 Å². The molecular formula is C20H20F7NO2S. The number of carbonyl (C=O) groups excluding carboxylic acids is 1. The number of hydrogen-bond acceptors (Lipinski definition) is 4. The van der Waals surface area contributed by atoms with Crippen molar-refractivity contribution in [3.05, 3.63) is 51.5 Å². The number of hydrogen-bond donors (Lipinski definition) is 1. The zero-order valence-corrected chi connectivity index (χ0v) is 17.2. The van der Waals surface area contributed by atoms with Crippen LogP contribution in [0, 0.1) is 5.82 Å². The van der Waals surface area contributed by atoms with E-state index in [0.29, 0.717) is 12.5 Å². The number of alkyl halides is 6. The summed E-state index contributed by atoms with van der Waals surface area (Å²) in [6, 6.07) is 5.35. The number of benzene rings is 1. The fraction of sp³-hybridized carbons (Fsp3) is 0.450. The van der Waals surface area contributed by atoms with Gasteiger partial charge in [0.15, 0.2) is 5.78 Å². The number of rotatable bonds is 9. The molecule has 0 unspecified atom stereocenters. The minimum absolute atomic E-state index is 0.0842. The summed E-state index contributed by atoms with van der Waals surface area (Å²) in [4.78, 5) is 13.3. The number of ketones is 1. The third-order valence-corrected chi connectivity index (χ3v) is 5.80. The summed E-state index contributed by atoms with van der Waals surface area (Å²) in [7, 11) is 0. The molecule has 0 saturated heterocycles. The third-order valence-electron chi connectivity index (χ3n) is 4.52. The molecule has 2 rings (SSSR count). The highest BCUT2D eigenvalue weighted by Crippen LogP contribution is 2.42. The Hall–Kier alpha value is -2.14. The molecule has 1 aromatic carbocycles. The molecule has 0 amide bonds. The number of thiophene rings is 1. The van der Waals surface area contributed by atoms with E-state index in [2.05, 4.69) is 0 Å². The average Bonchev–Trinajstić information content (AvgIpc) is 3.13. The molecule has 0 aliphatic carbocycles. The van der Waals surface area contributed by atoms with Crippen molar-refractivity contribution in [3.63, 3.8) is 0 Å². The lowest BCUT2D eigenvalue weighted by Crippen LogP contribution is -2.52. The van der Waals surface area contributed by atoms with E-state index in [1.807, 2.05) is 6.92 Å². The van der Waals surface area contributed by atoms with Crippen molar-refractivity contribution >= 4 is 17.1 Å². The molecule has 3 nitrogen and oxygen atoms in total. The molecule has 2 aromatic rings. The maximum absolute atomic E-state index is 14.5. The molecule has 1 atom stereocenters. The first-order valence-corrected chi connectivity index (χ1v) is 10.1. The van der Waals surface area contributed by atoms with Crippen molar-refractivity contribution in [2.45, 2.75) is 50.5 Å². The maximum atomic E-state index is 14.5. The van der Waals surface area contributed by atoms with Crippen molar-refractivity contribution in [2.75, 3.05) is 6.61 Å². The van der Waals surface area contributed by atoms with E-state index < -0.39 is 60.9 Å². The molecule has 0 spiro atoms. The van der Waals surface area contributed by atoms with E-state index in [1.165, 1.54) is 6.07 Å². The molecule has 2 N–H and O–H groups in total. The largest absolute Gasteiger partial charge is 0.493 e. The fourth-order valence-corrected chi connectivity index (χ4v) is 3.70. The van der Waals surface area contributed by atoms with Gasteiger partial charge in [0.05, 0.1) is 11.5 Å². The number of halogens is 7. The highest BCUT2D eigenvalue weighted by atomic mass is 32.1. The van der Waals surface area contributed by atoms with Crippen LogP contribution < -0.4 is 10.5 Å². The van der Waals surface area contributed by atoms with Crippen LogP contribution in [0.4, 0.5) is 30.7 Å². The summed E-state index contributed by atoms with van der Waals surface area (Å²) in [5.74, 6) is -2.50. The summed E-state index contributed by atoms with van der Waals surface area (Å²) in [6.07, 6.45) is -11.6. The molecule has 1 heterocycles. The van der Waals surface area contributed by atoms with Crippen LogP contribution in [-0.4, -0.2) is 24.7 Å². The highest BCUT2D eigenvalue weighted by Gasteiger charge is 2.55. The second-order valence-electron chi connectivity index (χ2n) is 6.90. The number of aryl methyl sites for hydroxylation is 1. The number of nitrogens with two attached hydrogens (primary N) is 1. The van der Waals surface area contributed by atoms with Crippen LogP contribution in [0.3, 0.4) is 0 Å². The van der Waals surface area contributed by atoms with Crippen LogP contribution in [-0.2, 0) is 12.0 Å².